The Hall–Kier alpha value is -2.24. The van der Waals surface area contributed by atoms with Crippen LogP contribution in [0.4, 0.5) is 0 Å². The fourth-order valence-electron chi connectivity index (χ4n) is 1.48. The molecule has 0 atom stereocenters. The number of hydrogen-bond donors (Lipinski definition) is 1. The van der Waals surface area contributed by atoms with Crippen molar-refractivity contribution in [1.29, 1.82) is 0 Å². The average molecular weight is 232 g/mol. The van der Waals surface area contributed by atoms with Gasteiger partial charge < -0.3 is 9.67 Å². The van der Waals surface area contributed by atoms with E-state index >= 15 is 0 Å². The summed E-state index contributed by atoms with van der Waals surface area (Å²) < 4.78 is 1.84. The van der Waals surface area contributed by atoms with Crippen LogP contribution in [0.5, 0.6) is 0 Å². The summed E-state index contributed by atoms with van der Waals surface area (Å²) in [5.74, 6) is -0.481. The van der Waals surface area contributed by atoms with Gasteiger partial charge in [-0.25, -0.2) is 9.78 Å². The van der Waals surface area contributed by atoms with Crippen molar-refractivity contribution < 1.29 is 9.90 Å². The topological polar surface area (TPSA) is 80.9 Å². The SMILES string of the molecule is CC(C)n1cnnc1-c1cccc(C(=O)O)n1. The maximum Gasteiger partial charge on any atom is 0.354 e. The highest BCUT2D eigenvalue weighted by Crippen LogP contribution is 2.18. The van der Waals surface area contributed by atoms with Gasteiger partial charge in [0.2, 0.25) is 0 Å². The van der Waals surface area contributed by atoms with Gasteiger partial charge in [0.15, 0.2) is 5.82 Å². The van der Waals surface area contributed by atoms with E-state index in [1.54, 1.807) is 18.5 Å². The number of aromatic nitrogens is 4. The van der Waals surface area contributed by atoms with Gasteiger partial charge in [-0.05, 0) is 26.0 Å². The van der Waals surface area contributed by atoms with Crippen molar-refractivity contribution in [3.8, 4) is 11.5 Å². The maximum atomic E-state index is 10.8. The second kappa shape index (κ2) is 4.32. The first-order chi connectivity index (χ1) is 8.09. The second-order valence-electron chi connectivity index (χ2n) is 3.87. The quantitative estimate of drug-likeness (QED) is 0.869. The van der Waals surface area contributed by atoms with Crippen LogP contribution in [0.1, 0.15) is 30.4 Å². The molecule has 0 fully saturated rings. The molecule has 0 radical (unpaired) electrons. The largest absolute Gasteiger partial charge is 0.477 e. The predicted octanol–water partition coefficient (Wildman–Crippen LogP) is 1.62. The average Bonchev–Trinajstić information content (AvgIpc) is 2.78. The number of aromatic carboxylic acids is 1. The zero-order valence-corrected chi connectivity index (χ0v) is 9.53. The van der Waals surface area contributed by atoms with E-state index < -0.39 is 5.97 Å². The van der Waals surface area contributed by atoms with Gasteiger partial charge in [-0.3, -0.25) is 0 Å². The molecule has 0 saturated heterocycles. The molecule has 0 bridgehead atoms. The lowest BCUT2D eigenvalue weighted by Crippen LogP contribution is -2.05. The third-order valence-electron chi connectivity index (χ3n) is 2.33. The molecule has 2 aromatic heterocycles. The van der Waals surface area contributed by atoms with E-state index in [0.29, 0.717) is 11.5 Å². The molecule has 0 aliphatic carbocycles. The van der Waals surface area contributed by atoms with Crippen LogP contribution in [-0.2, 0) is 0 Å². The third kappa shape index (κ3) is 2.15. The van der Waals surface area contributed by atoms with Gasteiger partial charge in [-0.1, -0.05) is 6.07 Å². The molecule has 2 heterocycles. The van der Waals surface area contributed by atoms with Crippen molar-refractivity contribution >= 4 is 5.97 Å². The lowest BCUT2D eigenvalue weighted by molar-refractivity contribution is 0.0690. The molecule has 0 aliphatic rings. The Morgan fingerprint density at radius 3 is 2.82 bits per heavy atom. The summed E-state index contributed by atoms with van der Waals surface area (Å²) in [7, 11) is 0. The van der Waals surface area contributed by atoms with Crippen LogP contribution in [0.25, 0.3) is 11.5 Å². The molecule has 2 aromatic rings. The molecule has 0 aliphatic heterocycles. The van der Waals surface area contributed by atoms with Gasteiger partial charge in [0.05, 0.1) is 0 Å². The number of nitrogens with zero attached hydrogens (tertiary/aromatic N) is 4. The number of pyridine rings is 1. The van der Waals surface area contributed by atoms with Gasteiger partial charge in [0.25, 0.3) is 0 Å². The summed E-state index contributed by atoms with van der Waals surface area (Å²) >= 11 is 0. The molecule has 88 valence electrons. The first kappa shape index (κ1) is 11.3. The zero-order valence-electron chi connectivity index (χ0n) is 9.53. The fourth-order valence-corrected chi connectivity index (χ4v) is 1.48. The van der Waals surface area contributed by atoms with Gasteiger partial charge in [-0.15, -0.1) is 10.2 Å². The molecular weight excluding hydrogens is 220 g/mol. The van der Waals surface area contributed by atoms with Crippen molar-refractivity contribution in [2.45, 2.75) is 19.9 Å². The van der Waals surface area contributed by atoms with E-state index in [1.165, 1.54) is 6.07 Å². The van der Waals surface area contributed by atoms with E-state index in [2.05, 4.69) is 15.2 Å². The summed E-state index contributed by atoms with van der Waals surface area (Å²) in [5.41, 5.74) is 0.511. The lowest BCUT2D eigenvalue weighted by Gasteiger charge is -2.09. The van der Waals surface area contributed by atoms with E-state index in [0.717, 1.165) is 0 Å². The number of carboxylic acids is 1. The monoisotopic (exact) mass is 232 g/mol. The van der Waals surface area contributed by atoms with Crippen LogP contribution in [0.2, 0.25) is 0 Å². The van der Waals surface area contributed by atoms with Crippen LogP contribution in [-0.4, -0.2) is 30.8 Å². The zero-order chi connectivity index (χ0) is 12.4. The molecule has 0 unspecified atom stereocenters. The van der Waals surface area contributed by atoms with Crippen molar-refractivity contribution in [2.75, 3.05) is 0 Å². The molecule has 0 amide bonds. The summed E-state index contributed by atoms with van der Waals surface area (Å²) in [6.07, 6.45) is 1.61. The smallest absolute Gasteiger partial charge is 0.354 e. The Kier molecular flexibility index (Phi) is 2.86. The minimum absolute atomic E-state index is 0.000746. The van der Waals surface area contributed by atoms with Gasteiger partial charge in [0.1, 0.15) is 17.7 Å². The number of carbonyl (C=O) groups is 1. The Morgan fingerprint density at radius 1 is 1.41 bits per heavy atom. The Labute approximate surface area is 98.0 Å². The minimum Gasteiger partial charge on any atom is -0.477 e. The van der Waals surface area contributed by atoms with Gasteiger partial charge >= 0.3 is 5.97 Å². The van der Waals surface area contributed by atoms with E-state index in [-0.39, 0.29) is 11.7 Å². The first-order valence-electron chi connectivity index (χ1n) is 5.20. The Balaban J connectivity index is 2.49. The summed E-state index contributed by atoms with van der Waals surface area (Å²) in [4.78, 5) is 14.9. The number of hydrogen-bond acceptors (Lipinski definition) is 4. The highest BCUT2D eigenvalue weighted by molar-refractivity contribution is 5.85. The van der Waals surface area contributed by atoms with Crippen LogP contribution in [0.15, 0.2) is 24.5 Å². The second-order valence-corrected chi connectivity index (χ2v) is 3.87. The van der Waals surface area contributed by atoms with Crippen LogP contribution in [0.3, 0.4) is 0 Å². The molecular formula is C11H12N4O2. The van der Waals surface area contributed by atoms with Crippen LogP contribution < -0.4 is 0 Å². The molecule has 2 rings (SSSR count). The highest BCUT2D eigenvalue weighted by atomic mass is 16.4. The first-order valence-corrected chi connectivity index (χ1v) is 5.20. The standard InChI is InChI=1S/C11H12N4O2/c1-7(2)15-6-12-14-10(15)8-4-3-5-9(13-8)11(16)17/h3-7H,1-2H3,(H,16,17). The van der Waals surface area contributed by atoms with Crippen molar-refractivity contribution in [3.05, 3.63) is 30.2 Å². The highest BCUT2D eigenvalue weighted by Gasteiger charge is 2.13. The Morgan fingerprint density at radius 2 is 2.18 bits per heavy atom. The van der Waals surface area contributed by atoms with Crippen molar-refractivity contribution in [3.63, 3.8) is 0 Å². The number of rotatable bonds is 3. The normalized spacial score (nSPS) is 10.8. The Bertz CT molecular complexity index is 548. The van der Waals surface area contributed by atoms with E-state index in [1.807, 2.05) is 18.4 Å². The molecule has 0 aromatic carbocycles. The maximum absolute atomic E-state index is 10.8. The minimum atomic E-state index is -1.05. The summed E-state index contributed by atoms with van der Waals surface area (Å²) in [6, 6.07) is 5.00. The van der Waals surface area contributed by atoms with Crippen molar-refractivity contribution in [1.82, 2.24) is 19.7 Å². The van der Waals surface area contributed by atoms with Crippen molar-refractivity contribution in [2.24, 2.45) is 0 Å². The van der Waals surface area contributed by atoms with Gasteiger partial charge in [-0.2, -0.15) is 0 Å². The molecule has 6 heteroatoms. The summed E-state index contributed by atoms with van der Waals surface area (Å²) in [6.45, 7) is 3.99. The summed E-state index contributed by atoms with van der Waals surface area (Å²) in [5, 5.41) is 16.7. The van der Waals surface area contributed by atoms with E-state index in [9.17, 15) is 4.79 Å². The molecule has 6 nitrogen and oxygen atoms in total. The number of carboxylic acid groups (broad SMARTS) is 1. The molecule has 0 saturated carbocycles. The molecule has 1 N–H and O–H groups in total. The van der Waals surface area contributed by atoms with Crippen LogP contribution in [0, 0.1) is 0 Å². The molecule has 17 heavy (non-hydrogen) atoms. The van der Waals surface area contributed by atoms with Crippen LogP contribution >= 0.6 is 0 Å². The fraction of sp³-hybridized carbons (Fsp3) is 0.273. The van der Waals surface area contributed by atoms with E-state index in [4.69, 9.17) is 5.11 Å². The predicted molar refractivity (Wildman–Crippen MR) is 60.6 cm³/mol. The molecule has 0 spiro atoms. The van der Waals surface area contributed by atoms with Gasteiger partial charge in [0, 0.05) is 6.04 Å². The third-order valence-corrected chi connectivity index (χ3v) is 2.33. The lowest BCUT2D eigenvalue weighted by atomic mass is 10.2.